The Hall–Kier alpha value is -0.900. The molecule has 0 aliphatic rings. The van der Waals surface area contributed by atoms with Crippen molar-refractivity contribution in [2.24, 2.45) is 0 Å². The Kier molecular flexibility index (Phi) is 4.07. The number of Topliss-reactive ketones (excluding diaryl/α,β-unsaturated/α-hetero) is 1. The Morgan fingerprint density at radius 1 is 1.57 bits per heavy atom. The van der Waals surface area contributed by atoms with Crippen LogP contribution in [0.3, 0.4) is 0 Å². The highest BCUT2D eigenvalue weighted by Gasteiger charge is 2.04. The van der Waals surface area contributed by atoms with Crippen LogP contribution in [0, 0.1) is 5.82 Å². The first-order chi connectivity index (χ1) is 6.63. The van der Waals surface area contributed by atoms with Gasteiger partial charge in [-0.2, -0.15) is 0 Å². The number of ketones is 1. The van der Waals surface area contributed by atoms with E-state index in [2.05, 4.69) is 15.9 Å². The minimum Gasteiger partial charge on any atom is -0.485 e. The summed E-state index contributed by atoms with van der Waals surface area (Å²) in [4.78, 5) is 10.9. The average Bonchev–Trinajstić information content (AvgIpc) is 2.16. The van der Waals surface area contributed by atoms with Crippen molar-refractivity contribution in [3.8, 4) is 5.75 Å². The van der Waals surface area contributed by atoms with E-state index in [1.54, 1.807) is 6.92 Å². The molecular weight excluding hydrogens is 251 g/mol. The standard InChI is InChI=1S/C10H10BrFO2/c1-2-8(13)6-14-10-4-3-7(12)5-9(10)11/h3-5H,2,6H2,1H3. The highest BCUT2D eigenvalue weighted by atomic mass is 79.9. The minimum atomic E-state index is -0.342. The molecule has 0 unspecified atom stereocenters. The summed E-state index contributed by atoms with van der Waals surface area (Å²) in [6.45, 7) is 1.80. The minimum absolute atomic E-state index is 0.0150. The molecule has 0 aromatic heterocycles. The largest absolute Gasteiger partial charge is 0.485 e. The van der Waals surface area contributed by atoms with Gasteiger partial charge in [0.05, 0.1) is 4.47 Å². The van der Waals surface area contributed by atoms with Crippen molar-refractivity contribution in [3.63, 3.8) is 0 Å². The van der Waals surface area contributed by atoms with Crippen molar-refractivity contribution < 1.29 is 13.9 Å². The second-order valence-electron chi connectivity index (χ2n) is 2.76. The molecule has 1 rings (SSSR count). The molecule has 0 aliphatic heterocycles. The van der Waals surface area contributed by atoms with Crippen molar-refractivity contribution in [2.75, 3.05) is 6.61 Å². The smallest absolute Gasteiger partial charge is 0.169 e. The predicted octanol–water partition coefficient (Wildman–Crippen LogP) is 2.95. The Balaban J connectivity index is 2.63. The van der Waals surface area contributed by atoms with Gasteiger partial charge in [0.15, 0.2) is 5.78 Å². The van der Waals surface area contributed by atoms with Crippen molar-refractivity contribution in [2.45, 2.75) is 13.3 Å². The maximum absolute atomic E-state index is 12.7. The van der Waals surface area contributed by atoms with Crippen LogP contribution in [0.25, 0.3) is 0 Å². The highest BCUT2D eigenvalue weighted by molar-refractivity contribution is 9.10. The Morgan fingerprint density at radius 2 is 2.29 bits per heavy atom. The van der Waals surface area contributed by atoms with Gasteiger partial charge in [0.25, 0.3) is 0 Å². The average molecular weight is 261 g/mol. The fraction of sp³-hybridized carbons (Fsp3) is 0.300. The van der Waals surface area contributed by atoms with Crippen LogP contribution in [0.1, 0.15) is 13.3 Å². The first-order valence-electron chi connectivity index (χ1n) is 4.23. The third kappa shape index (κ3) is 3.10. The van der Waals surface area contributed by atoms with Crippen LogP contribution < -0.4 is 4.74 Å². The molecule has 76 valence electrons. The number of hydrogen-bond acceptors (Lipinski definition) is 2. The van der Waals surface area contributed by atoms with Gasteiger partial charge < -0.3 is 4.74 Å². The third-order valence-electron chi connectivity index (χ3n) is 1.68. The van der Waals surface area contributed by atoms with Crippen molar-refractivity contribution >= 4 is 21.7 Å². The summed E-state index contributed by atoms with van der Waals surface area (Å²) in [5.41, 5.74) is 0. The maximum atomic E-state index is 12.7. The Bertz CT molecular complexity index is 339. The molecule has 4 heteroatoms. The topological polar surface area (TPSA) is 26.3 Å². The molecule has 0 radical (unpaired) electrons. The quantitative estimate of drug-likeness (QED) is 0.832. The normalized spacial score (nSPS) is 9.93. The molecule has 0 saturated carbocycles. The van der Waals surface area contributed by atoms with E-state index in [-0.39, 0.29) is 18.2 Å². The molecule has 0 atom stereocenters. The molecule has 2 nitrogen and oxygen atoms in total. The van der Waals surface area contributed by atoms with Gasteiger partial charge >= 0.3 is 0 Å². The summed E-state index contributed by atoms with van der Waals surface area (Å²) in [5.74, 6) is 0.153. The van der Waals surface area contributed by atoms with Crippen LogP contribution in [-0.2, 0) is 4.79 Å². The fourth-order valence-electron chi connectivity index (χ4n) is 0.853. The molecule has 0 saturated heterocycles. The van der Waals surface area contributed by atoms with E-state index >= 15 is 0 Å². The number of rotatable bonds is 4. The van der Waals surface area contributed by atoms with E-state index < -0.39 is 0 Å². The van der Waals surface area contributed by atoms with Gasteiger partial charge in [-0.1, -0.05) is 6.92 Å². The van der Waals surface area contributed by atoms with E-state index in [0.29, 0.717) is 16.6 Å². The molecule has 0 fully saturated rings. The molecule has 0 aliphatic carbocycles. The van der Waals surface area contributed by atoms with Crippen LogP contribution >= 0.6 is 15.9 Å². The Morgan fingerprint density at radius 3 is 2.86 bits per heavy atom. The first kappa shape index (κ1) is 11.2. The molecule has 0 N–H and O–H groups in total. The number of carbonyl (C=O) groups excluding carboxylic acids is 1. The lowest BCUT2D eigenvalue weighted by molar-refractivity contribution is -0.120. The predicted molar refractivity (Wildman–Crippen MR) is 54.9 cm³/mol. The number of ether oxygens (including phenoxy) is 1. The fourth-order valence-corrected chi connectivity index (χ4v) is 1.32. The zero-order chi connectivity index (χ0) is 10.6. The monoisotopic (exact) mass is 260 g/mol. The summed E-state index contributed by atoms with van der Waals surface area (Å²) >= 11 is 3.14. The molecule has 0 amide bonds. The zero-order valence-corrected chi connectivity index (χ0v) is 9.30. The summed E-state index contributed by atoms with van der Waals surface area (Å²) in [6.07, 6.45) is 0.443. The zero-order valence-electron chi connectivity index (χ0n) is 7.72. The lowest BCUT2D eigenvalue weighted by atomic mass is 10.3. The van der Waals surface area contributed by atoms with Gasteiger partial charge in [-0.05, 0) is 34.1 Å². The molecule has 0 heterocycles. The van der Waals surface area contributed by atoms with Crippen molar-refractivity contribution in [1.29, 1.82) is 0 Å². The van der Waals surface area contributed by atoms with Crippen LogP contribution in [0.2, 0.25) is 0 Å². The SMILES string of the molecule is CCC(=O)COc1ccc(F)cc1Br. The van der Waals surface area contributed by atoms with Gasteiger partial charge in [0.1, 0.15) is 18.2 Å². The number of hydrogen-bond donors (Lipinski definition) is 0. The maximum Gasteiger partial charge on any atom is 0.169 e. The Labute approximate surface area is 90.2 Å². The highest BCUT2D eigenvalue weighted by Crippen LogP contribution is 2.25. The number of carbonyl (C=O) groups is 1. The first-order valence-corrected chi connectivity index (χ1v) is 5.02. The second kappa shape index (κ2) is 5.10. The lowest BCUT2D eigenvalue weighted by Crippen LogP contribution is -2.09. The van der Waals surface area contributed by atoms with E-state index in [0.717, 1.165) is 0 Å². The van der Waals surface area contributed by atoms with Gasteiger partial charge in [0.2, 0.25) is 0 Å². The van der Waals surface area contributed by atoms with Crippen LogP contribution in [0.4, 0.5) is 4.39 Å². The summed E-state index contributed by atoms with van der Waals surface area (Å²) in [7, 11) is 0. The molecule has 1 aromatic rings. The molecule has 14 heavy (non-hydrogen) atoms. The van der Waals surface area contributed by atoms with Crippen molar-refractivity contribution in [3.05, 3.63) is 28.5 Å². The molecular formula is C10H10BrFO2. The summed E-state index contributed by atoms with van der Waals surface area (Å²) in [6, 6.07) is 4.07. The molecule has 1 aromatic carbocycles. The van der Waals surface area contributed by atoms with E-state index in [1.807, 2.05) is 0 Å². The van der Waals surface area contributed by atoms with Crippen LogP contribution in [0.5, 0.6) is 5.75 Å². The van der Waals surface area contributed by atoms with E-state index in [4.69, 9.17) is 4.74 Å². The molecule has 0 bridgehead atoms. The number of halogens is 2. The lowest BCUT2D eigenvalue weighted by Gasteiger charge is -2.06. The van der Waals surface area contributed by atoms with Gasteiger partial charge in [-0.3, -0.25) is 4.79 Å². The summed E-state index contributed by atoms with van der Waals surface area (Å²) < 4.78 is 18.4. The second-order valence-corrected chi connectivity index (χ2v) is 3.61. The van der Waals surface area contributed by atoms with Crippen LogP contribution in [0.15, 0.2) is 22.7 Å². The van der Waals surface area contributed by atoms with Gasteiger partial charge in [-0.15, -0.1) is 0 Å². The van der Waals surface area contributed by atoms with Gasteiger partial charge in [-0.25, -0.2) is 4.39 Å². The van der Waals surface area contributed by atoms with E-state index in [9.17, 15) is 9.18 Å². The number of benzene rings is 1. The van der Waals surface area contributed by atoms with E-state index in [1.165, 1.54) is 18.2 Å². The summed E-state index contributed by atoms with van der Waals surface area (Å²) in [5, 5.41) is 0. The van der Waals surface area contributed by atoms with Crippen molar-refractivity contribution in [1.82, 2.24) is 0 Å². The third-order valence-corrected chi connectivity index (χ3v) is 2.30. The van der Waals surface area contributed by atoms with Crippen LogP contribution in [-0.4, -0.2) is 12.4 Å². The van der Waals surface area contributed by atoms with Gasteiger partial charge in [0, 0.05) is 6.42 Å². The molecule has 0 spiro atoms.